The first-order valence-electron chi connectivity index (χ1n) is 1.03. The fourth-order valence-electron chi connectivity index (χ4n) is 0.0295. The van der Waals surface area contributed by atoms with Crippen molar-refractivity contribution >= 4 is 12.6 Å². The molecule has 0 N–H and O–H groups in total. The van der Waals surface area contributed by atoms with Crippen LogP contribution in [0.2, 0.25) is 0 Å². The maximum atomic E-state index is 4.48. The Morgan fingerprint density at radius 2 is 2.25 bits per heavy atom. The topological polar surface area (TPSA) is 0 Å². The zero-order chi connectivity index (χ0) is 2.99. The van der Waals surface area contributed by atoms with Crippen LogP contribution in [0.4, 0.5) is 0 Å². The van der Waals surface area contributed by atoms with Crippen LogP contribution in [-0.2, 0) is 0 Å². The Balaban J connectivity index is 2.75. The number of hydrogen-bond donors (Lipinski definition) is 0. The molecule has 0 saturated heterocycles. The number of rotatable bonds is 0. The van der Waals surface area contributed by atoms with Gasteiger partial charge in [-0.2, -0.15) is 0 Å². The van der Waals surface area contributed by atoms with Gasteiger partial charge in [0.15, 0.2) is 0 Å². The molecule has 0 saturated carbocycles. The van der Waals surface area contributed by atoms with E-state index in [-0.39, 0.29) is 0 Å². The van der Waals surface area contributed by atoms with Crippen LogP contribution in [0.1, 0.15) is 0 Å². The van der Waals surface area contributed by atoms with Crippen LogP contribution < -0.4 is 0 Å². The first-order chi connectivity index (χ1) is 1.89. The lowest BCUT2D eigenvalue weighted by atomic mass is 11.0. The molecule has 1 radical (unpaired) electrons. The normalized spacial score (nSPS) is 15.5. The molecule has 0 aromatic carbocycles. The lowest BCUT2D eigenvalue weighted by molar-refractivity contribution is 2.41. The van der Waals surface area contributed by atoms with Crippen LogP contribution in [0.3, 0.4) is 0 Å². The summed E-state index contributed by atoms with van der Waals surface area (Å²) in [6.45, 7) is 0. The first kappa shape index (κ1) is 2.01. The van der Waals surface area contributed by atoms with E-state index >= 15 is 0 Å². The van der Waals surface area contributed by atoms with Gasteiger partial charge >= 0.3 is 0 Å². The quantitative estimate of drug-likeness (QED) is 0.375. The Morgan fingerprint density at radius 3 is 2.25 bits per heavy atom. The van der Waals surface area contributed by atoms with Crippen molar-refractivity contribution in [3.63, 3.8) is 0 Å². The van der Waals surface area contributed by atoms with E-state index in [4.69, 9.17) is 0 Å². The molecular formula is C3HS. The first-order valence-corrected chi connectivity index (χ1v) is 1.44. The van der Waals surface area contributed by atoms with E-state index in [0.29, 0.717) is 0 Å². The van der Waals surface area contributed by atoms with Gasteiger partial charge in [0, 0.05) is 6.08 Å². The summed E-state index contributed by atoms with van der Waals surface area (Å²) in [4.78, 5) is 0.875. The molecule has 0 bridgehead atoms. The summed E-state index contributed by atoms with van der Waals surface area (Å²) in [6.07, 6.45) is 1.77. The van der Waals surface area contributed by atoms with Gasteiger partial charge in [0.05, 0.1) is 4.91 Å². The van der Waals surface area contributed by atoms with Gasteiger partial charge in [-0.15, -0.1) is 0 Å². The van der Waals surface area contributed by atoms with Gasteiger partial charge in [-0.05, 0) is 0 Å². The molecule has 0 fully saturated rings. The maximum Gasteiger partial charge on any atom is 0.0873 e. The molecule has 0 aliphatic heterocycles. The smallest absolute Gasteiger partial charge is 0.0873 e. The highest BCUT2D eigenvalue weighted by molar-refractivity contribution is 7.85. The molecule has 4 heavy (non-hydrogen) atoms. The molecular weight excluding hydrogens is 68.1 g/mol. The van der Waals surface area contributed by atoms with Gasteiger partial charge in [0.25, 0.3) is 0 Å². The third-order valence-electron chi connectivity index (χ3n) is 0.262. The molecule has 0 aromatic heterocycles. The Hall–Kier alpha value is -0.260. The average molecular weight is 69.1 g/mol. The summed E-state index contributed by atoms with van der Waals surface area (Å²) in [5, 5.41) is 0. The third-order valence-corrected chi connectivity index (χ3v) is 0.498. The molecule has 0 nitrogen and oxygen atoms in total. The summed E-state index contributed by atoms with van der Waals surface area (Å²) in [7, 11) is 0. The highest BCUT2D eigenvalue weighted by Crippen LogP contribution is 2.08. The van der Waals surface area contributed by atoms with E-state index in [2.05, 4.69) is 18.4 Å². The second kappa shape index (κ2) is 0.369. The van der Waals surface area contributed by atoms with Crippen molar-refractivity contribution < 1.29 is 0 Å². The number of hydrogen-bond acceptors (Lipinski definition) is 0. The summed E-state index contributed by atoms with van der Waals surface area (Å²) >= 11 is 4.48. The molecule has 19 valence electrons. The molecule has 0 aromatic rings. The molecule has 0 atom stereocenters. The van der Waals surface area contributed by atoms with Gasteiger partial charge in [-0.25, -0.2) is 0 Å². The highest BCUT2D eigenvalue weighted by Gasteiger charge is 1.86. The predicted molar refractivity (Wildman–Crippen MR) is 19.2 cm³/mol. The standard InChI is InChI=1S/C3HS/c4-3-1-2-3/h1H. The van der Waals surface area contributed by atoms with E-state index in [1.165, 1.54) is 0 Å². The predicted octanol–water partition coefficient (Wildman–Crippen LogP) is 1.24. The Morgan fingerprint density at radius 1 is 2.00 bits per heavy atom. The van der Waals surface area contributed by atoms with Crippen LogP contribution in [0.25, 0.3) is 0 Å². The lowest BCUT2D eigenvalue weighted by Gasteiger charge is -1.41. The highest BCUT2D eigenvalue weighted by atomic mass is 32.1. The minimum Gasteiger partial charge on any atom is -0.0983 e. The second-order valence-electron chi connectivity index (χ2n) is 0.653. The fourth-order valence-corrected chi connectivity index (χ4v) is 0.0884. The van der Waals surface area contributed by atoms with Gasteiger partial charge in [-0.1, -0.05) is 18.4 Å². The fraction of sp³-hybridized carbons (Fsp3) is 0. The van der Waals surface area contributed by atoms with Crippen molar-refractivity contribution in [1.82, 2.24) is 0 Å². The zero-order valence-corrected chi connectivity index (χ0v) is 2.80. The Bertz CT molecular complexity index is 85.5. The van der Waals surface area contributed by atoms with E-state index in [1.807, 2.05) is 0 Å². The Labute approximate surface area is 30.2 Å². The van der Waals surface area contributed by atoms with Crippen LogP contribution >= 0.6 is 12.6 Å². The summed E-state index contributed by atoms with van der Waals surface area (Å²) in [6, 6.07) is 0. The molecule has 0 amide bonds. The third kappa shape index (κ3) is 0.127. The van der Waals surface area contributed by atoms with E-state index in [0.717, 1.165) is 4.91 Å². The molecule has 1 heteroatoms. The van der Waals surface area contributed by atoms with Crippen LogP contribution in [0, 0.1) is 0 Å². The summed E-state index contributed by atoms with van der Waals surface area (Å²) in [5.41, 5.74) is 2.70. The summed E-state index contributed by atoms with van der Waals surface area (Å²) in [5.74, 6) is 0. The van der Waals surface area contributed by atoms with Gasteiger partial charge in [0.2, 0.25) is 0 Å². The minimum atomic E-state index is 0.875. The SMILES string of the molecule is [S]C1=C=C1. The average Bonchev–Trinajstić information content (AvgIpc) is 1.75. The van der Waals surface area contributed by atoms with Crippen molar-refractivity contribution in [2.75, 3.05) is 0 Å². The molecule has 0 unspecified atom stereocenters. The van der Waals surface area contributed by atoms with Crippen LogP contribution in [-0.4, -0.2) is 0 Å². The second-order valence-corrected chi connectivity index (χ2v) is 1.09. The van der Waals surface area contributed by atoms with E-state index in [1.54, 1.807) is 6.08 Å². The molecule has 1 aliphatic carbocycles. The van der Waals surface area contributed by atoms with Crippen molar-refractivity contribution in [2.45, 2.75) is 0 Å². The molecule has 1 aliphatic rings. The maximum absolute atomic E-state index is 4.48. The van der Waals surface area contributed by atoms with Crippen molar-refractivity contribution in [2.24, 2.45) is 0 Å². The zero-order valence-electron chi connectivity index (χ0n) is 1.99. The summed E-state index contributed by atoms with van der Waals surface area (Å²) < 4.78 is 0. The van der Waals surface area contributed by atoms with Crippen LogP contribution in [0.15, 0.2) is 16.7 Å². The monoisotopic (exact) mass is 69.0 g/mol. The lowest BCUT2D eigenvalue weighted by Crippen LogP contribution is -1.18. The molecule has 0 heterocycles. The molecule has 0 spiro atoms. The van der Waals surface area contributed by atoms with Gasteiger partial charge in [0.1, 0.15) is 0 Å². The van der Waals surface area contributed by atoms with Gasteiger partial charge in [-0.3, -0.25) is 0 Å². The Kier molecular flexibility index (Phi) is 0.185. The van der Waals surface area contributed by atoms with E-state index in [9.17, 15) is 0 Å². The van der Waals surface area contributed by atoms with E-state index < -0.39 is 0 Å². The largest absolute Gasteiger partial charge is 0.0983 e. The van der Waals surface area contributed by atoms with Crippen molar-refractivity contribution in [1.29, 1.82) is 0 Å². The minimum absolute atomic E-state index is 0.875. The van der Waals surface area contributed by atoms with Crippen LogP contribution in [0.5, 0.6) is 0 Å². The molecule has 1 rings (SSSR count). The van der Waals surface area contributed by atoms with Crippen molar-refractivity contribution in [3.8, 4) is 0 Å². The van der Waals surface area contributed by atoms with Gasteiger partial charge < -0.3 is 0 Å². The van der Waals surface area contributed by atoms with Crippen molar-refractivity contribution in [3.05, 3.63) is 16.7 Å².